The van der Waals surface area contributed by atoms with Crippen molar-refractivity contribution in [2.45, 2.75) is 51.9 Å². The Hall–Kier alpha value is -0.693. The number of amides is 1. The fourth-order valence-corrected chi connectivity index (χ4v) is 3.79. The predicted octanol–water partition coefficient (Wildman–Crippen LogP) is 4.15. The number of carbonyl (C=O) groups is 1. The zero-order valence-corrected chi connectivity index (χ0v) is 17.4. The maximum absolute atomic E-state index is 12.3. The molecule has 5 nitrogen and oxygen atoms in total. The molecule has 1 aromatic heterocycles. The van der Waals surface area contributed by atoms with Crippen molar-refractivity contribution in [3.63, 3.8) is 0 Å². The number of likely N-dealkylation sites (tertiary alicyclic amines) is 1. The first-order valence-electron chi connectivity index (χ1n) is 8.08. The van der Waals surface area contributed by atoms with Crippen molar-refractivity contribution in [3.05, 3.63) is 22.2 Å². The molecule has 1 amide bonds. The van der Waals surface area contributed by atoms with Crippen LogP contribution in [-0.4, -0.2) is 42.2 Å². The van der Waals surface area contributed by atoms with Crippen molar-refractivity contribution in [2.75, 3.05) is 13.2 Å². The average molecular weight is 390 g/mol. The maximum atomic E-state index is 12.3. The molecule has 0 radical (unpaired) electrons. The number of hydrogen-bond acceptors (Lipinski definition) is 4. The summed E-state index contributed by atoms with van der Waals surface area (Å²) >= 11 is 11.8. The van der Waals surface area contributed by atoms with E-state index in [2.05, 4.69) is 43.8 Å². The number of aromatic nitrogens is 2. The van der Waals surface area contributed by atoms with Crippen LogP contribution in [0.15, 0.2) is 6.20 Å². The third-order valence-corrected chi connectivity index (χ3v) is 9.93. The number of nitrogens with zero attached hydrogens (tertiary/aromatic N) is 3. The molecule has 0 aliphatic carbocycles. The molecule has 1 unspecified atom stereocenters. The van der Waals surface area contributed by atoms with Crippen molar-refractivity contribution in [3.8, 4) is 0 Å². The second-order valence-corrected chi connectivity index (χ2v) is 13.4. The predicted molar refractivity (Wildman–Crippen MR) is 98.7 cm³/mol. The summed E-state index contributed by atoms with van der Waals surface area (Å²) in [7, 11) is -1.79. The van der Waals surface area contributed by atoms with Gasteiger partial charge in [-0.2, -0.15) is 0 Å². The Labute approximate surface area is 154 Å². The average Bonchev–Trinajstić information content (AvgIpc) is 2.79. The van der Waals surface area contributed by atoms with Gasteiger partial charge in [-0.1, -0.05) is 32.4 Å². The van der Waals surface area contributed by atoms with Crippen molar-refractivity contribution in [1.82, 2.24) is 14.9 Å². The van der Waals surface area contributed by atoms with Gasteiger partial charge in [0.25, 0.3) is 0 Å². The van der Waals surface area contributed by atoms with Crippen LogP contribution in [0.1, 0.15) is 32.8 Å². The molecule has 1 saturated heterocycles. The van der Waals surface area contributed by atoms with Crippen LogP contribution in [0.5, 0.6) is 0 Å². The van der Waals surface area contributed by atoms with E-state index in [1.165, 1.54) is 0 Å². The van der Waals surface area contributed by atoms with Gasteiger partial charge in [-0.15, -0.1) is 0 Å². The lowest BCUT2D eigenvalue weighted by molar-refractivity contribution is -0.128. The molecule has 1 aliphatic rings. The third-order valence-electron chi connectivity index (χ3n) is 4.92. The molecule has 2 rings (SSSR count). The highest BCUT2D eigenvalue weighted by atomic mass is 35.5. The van der Waals surface area contributed by atoms with E-state index in [9.17, 15) is 4.79 Å². The van der Waals surface area contributed by atoms with Crippen LogP contribution < -0.4 is 0 Å². The highest BCUT2D eigenvalue weighted by molar-refractivity contribution is 6.74. The molecular weight excluding hydrogens is 365 g/mol. The van der Waals surface area contributed by atoms with Gasteiger partial charge >= 0.3 is 0 Å². The first-order valence-corrected chi connectivity index (χ1v) is 11.7. The van der Waals surface area contributed by atoms with Gasteiger partial charge in [0, 0.05) is 37.3 Å². The minimum absolute atomic E-state index is 0.108. The summed E-state index contributed by atoms with van der Waals surface area (Å²) < 4.78 is 6.26. The van der Waals surface area contributed by atoms with Gasteiger partial charge in [0.1, 0.15) is 5.15 Å². The Morgan fingerprint density at radius 1 is 1.38 bits per heavy atom. The monoisotopic (exact) mass is 389 g/mol. The van der Waals surface area contributed by atoms with Gasteiger partial charge in [-0.3, -0.25) is 4.79 Å². The topological polar surface area (TPSA) is 55.3 Å². The molecule has 2 heterocycles. The summed E-state index contributed by atoms with van der Waals surface area (Å²) in [6, 6.07) is 0. The molecule has 1 atom stereocenters. The van der Waals surface area contributed by atoms with E-state index in [-0.39, 0.29) is 22.1 Å². The zero-order valence-electron chi connectivity index (χ0n) is 14.9. The Bertz CT molecular complexity index is 620. The van der Waals surface area contributed by atoms with Crippen molar-refractivity contribution < 1.29 is 9.22 Å². The molecule has 0 spiro atoms. The molecule has 0 bridgehead atoms. The van der Waals surface area contributed by atoms with Gasteiger partial charge in [-0.25, -0.2) is 9.97 Å². The Morgan fingerprint density at radius 2 is 2.04 bits per heavy atom. The molecule has 0 aromatic carbocycles. The Morgan fingerprint density at radius 3 is 2.62 bits per heavy atom. The second-order valence-electron chi connectivity index (χ2n) is 7.87. The van der Waals surface area contributed by atoms with Crippen LogP contribution in [0.4, 0.5) is 0 Å². The molecule has 134 valence electrons. The van der Waals surface area contributed by atoms with Gasteiger partial charge in [0.15, 0.2) is 8.32 Å². The quantitative estimate of drug-likeness (QED) is 0.431. The first-order chi connectivity index (χ1) is 11.0. The van der Waals surface area contributed by atoms with Gasteiger partial charge < -0.3 is 9.33 Å². The largest absolute Gasteiger partial charge is 0.416 e. The zero-order chi connectivity index (χ0) is 18.1. The molecule has 24 heavy (non-hydrogen) atoms. The van der Waals surface area contributed by atoms with E-state index in [0.29, 0.717) is 36.8 Å². The van der Waals surface area contributed by atoms with Crippen LogP contribution in [0.3, 0.4) is 0 Å². The lowest BCUT2D eigenvalue weighted by Crippen LogP contribution is -2.42. The molecular formula is C16H25Cl2N3O2Si. The van der Waals surface area contributed by atoms with E-state index in [1.54, 1.807) is 11.1 Å². The summed E-state index contributed by atoms with van der Waals surface area (Å²) in [6.45, 7) is 12.8. The lowest BCUT2D eigenvalue weighted by Gasteiger charge is -2.36. The lowest BCUT2D eigenvalue weighted by atomic mass is 10.1. The van der Waals surface area contributed by atoms with E-state index in [1.807, 2.05) is 0 Å². The van der Waals surface area contributed by atoms with Gasteiger partial charge in [0.05, 0.1) is 6.54 Å². The molecule has 1 fully saturated rings. The van der Waals surface area contributed by atoms with Gasteiger partial charge in [-0.05, 0) is 29.7 Å². The standard InChI is InChI=1S/C16H25Cl2N3O2Si/c1-16(2,3)24(4,5)23-10-11-6-13(22)21(8-11)9-12-7-19-15(18)20-14(12)17/h7,11H,6,8-10H2,1-5H3. The second kappa shape index (κ2) is 7.28. The third kappa shape index (κ3) is 4.68. The van der Waals surface area contributed by atoms with E-state index >= 15 is 0 Å². The highest BCUT2D eigenvalue weighted by Crippen LogP contribution is 2.37. The normalized spacial score (nSPS) is 19.2. The number of hydrogen-bond donors (Lipinski definition) is 0. The molecule has 1 aromatic rings. The summed E-state index contributed by atoms with van der Waals surface area (Å²) in [5.41, 5.74) is 0.709. The van der Waals surface area contributed by atoms with Crippen LogP contribution >= 0.6 is 23.2 Å². The van der Waals surface area contributed by atoms with E-state index in [0.717, 1.165) is 0 Å². The van der Waals surface area contributed by atoms with Crippen molar-refractivity contribution in [1.29, 1.82) is 0 Å². The maximum Gasteiger partial charge on any atom is 0.223 e. The summed E-state index contributed by atoms with van der Waals surface area (Å²) in [6.07, 6.45) is 2.09. The SMILES string of the molecule is CC(C)(C)[Si](C)(C)OCC1CC(=O)N(Cc2cnc(Cl)nc2Cl)C1. The van der Waals surface area contributed by atoms with Crippen molar-refractivity contribution in [2.24, 2.45) is 5.92 Å². The smallest absolute Gasteiger partial charge is 0.223 e. The molecule has 8 heteroatoms. The Kier molecular flexibility index (Phi) is 5.95. The summed E-state index contributed by atoms with van der Waals surface area (Å²) in [5, 5.41) is 0.574. The van der Waals surface area contributed by atoms with Crippen LogP contribution in [-0.2, 0) is 15.8 Å². The summed E-state index contributed by atoms with van der Waals surface area (Å²) in [4.78, 5) is 21.9. The van der Waals surface area contributed by atoms with E-state index in [4.69, 9.17) is 27.6 Å². The Balaban J connectivity index is 1.94. The van der Waals surface area contributed by atoms with Crippen molar-refractivity contribution >= 4 is 37.4 Å². The minimum Gasteiger partial charge on any atom is -0.416 e. The first kappa shape index (κ1) is 19.6. The van der Waals surface area contributed by atoms with Crippen LogP contribution in [0, 0.1) is 5.92 Å². The van der Waals surface area contributed by atoms with E-state index < -0.39 is 8.32 Å². The molecule has 1 aliphatic heterocycles. The van der Waals surface area contributed by atoms with Gasteiger partial charge in [0.2, 0.25) is 11.2 Å². The molecule has 0 N–H and O–H groups in total. The fraction of sp³-hybridized carbons (Fsp3) is 0.688. The fourth-order valence-electron chi connectivity index (χ4n) is 2.34. The number of halogens is 2. The summed E-state index contributed by atoms with van der Waals surface area (Å²) in [5.74, 6) is 0.337. The highest BCUT2D eigenvalue weighted by Gasteiger charge is 2.39. The number of carbonyl (C=O) groups excluding carboxylic acids is 1. The van der Waals surface area contributed by atoms with Crippen LogP contribution in [0.25, 0.3) is 0 Å². The number of rotatable bonds is 5. The molecule has 0 saturated carbocycles. The minimum atomic E-state index is -1.79. The van der Waals surface area contributed by atoms with Crippen LogP contribution in [0.2, 0.25) is 28.6 Å².